The summed E-state index contributed by atoms with van der Waals surface area (Å²) < 4.78 is 0. The standard InChI is InChI=1S/C12H12Cl2N2S/c1-8-5-16-12(17-8)7-15-6-9-2-10(13)4-11(14)3-9/h2-5,15H,6-7H2,1H3. The van der Waals surface area contributed by atoms with Crippen molar-refractivity contribution in [3.05, 3.63) is 49.9 Å². The van der Waals surface area contributed by atoms with E-state index in [2.05, 4.69) is 17.2 Å². The number of benzene rings is 1. The molecule has 2 rings (SSSR count). The maximum Gasteiger partial charge on any atom is 0.107 e. The van der Waals surface area contributed by atoms with Crippen molar-refractivity contribution in [2.75, 3.05) is 0 Å². The summed E-state index contributed by atoms with van der Waals surface area (Å²) in [7, 11) is 0. The quantitative estimate of drug-likeness (QED) is 0.917. The van der Waals surface area contributed by atoms with Crippen LogP contribution in [0, 0.1) is 6.92 Å². The summed E-state index contributed by atoms with van der Waals surface area (Å²) in [4.78, 5) is 5.52. The number of nitrogens with zero attached hydrogens (tertiary/aromatic N) is 1. The fourth-order valence-electron chi connectivity index (χ4n) is 1.51. The van der Waals surface area contributed by atoms with Crippen molar-refractivity contribution < 1.29 is 0 Å². The van der Waals surface area contributed by atoms with Gasteiger partial charge in [-0.25, -0.2) is 4.98 Å². The highest BCUT2D eigenvalue weighted by molar-refractivity contribution is 7.11. The van der Waals surface area contributed by atoms with Crippen LogP contribution in [0.5, 0.6) is 0 Å². The Bertz CT molecular complexity index is 491. The molecule has 90 valence electrons. The Morgan fingerprint density at radius 3 is 2.47 bits per heavy atom. The minimum absolute atomic E-state index is 0.666. The summed E-state index contributed by atoms with van der Waals surface area (Å²) in [6.45, 7) is 3.56. The first-order chi connectivity index (χ1) is 8.13. The number of nitrogens with one attached hydrogen (secondary N) is 1. The van der Waals surface area contributed by atoms with E-state index >= 15 is 0 Å². The highest BCUT2D eigenvalue weighted by Gasteiger charge is 2.00. The molecule has 0 aliphatic carbocycles. The maximum absolute atomic E-state index is 5.93. The van der Waals surface area contributed by atoms with Gasteiger partial charge in [0.25, 0.3) is 0 Å². The average molecular weight is 287 g/mol. The van der Waals surface area contributed by atoms with Gasteiger partial charge in [-0.2, -0.15) is 0 Å². The number of rotatable bonds is 4. The molecule has 1 N–H and O–H groups in total. The molecular weight excluding hydrogens is 275 g/mol. The fourth-order valence-corrected chi connectivity index (χ4v) is 2.84. The van der Waals surface area contributed by atoms with E-state index in [-0.39, 0.29) is 0 Å². The first-order valence-corrected chi connectivity index (χ1v) is 6.78. The monoisotopic (exact) mass is 286 g/mol. The van der Waals surface area contributed by atoms with Gasteiger partial charge in [-0.3, -0.25) is 0 Å². The molecule has 0 fully saturated rings. The van der Waals surface area contributed by atoms with Crippen LogP contribution in [-0.2, 0) is 13.1 Å². The van der Waals surface area contributed by atoms with Gasteiger partial charge in [-0.1, -0.05) is 23.2 Å². The Labute approximate surface area is 115 Å². The van der Waals surface area contributed by atoms with Crippen LogP contribution in [0.25, 0.3) is 0 Å². The highest BCUT2D eigenvalue weighted by Crippen LogP contribution is 2.19. The minimum Gasteiger partial charge on any atom is -0.306 e. The lowest BCUT2D eigenvalue weighted by Gasteiger charge is -2.04. The molecule has 17 heavy (non-hydrogen) atoms. The van der Waals surface area contributed by atoms with Crippen LogP contribution in [0.15, 0.2) is 24.4 Å². The van der Waals surface area contributed by atoms with Gasteiger partial charge < -0.3 is 5.32 Å². The lowest BCUT2D eigenvalue weighted by Crippen LogP contribution is -2.12. The Hall–Kier alpha value is -0.610. The van der Waals surface area contributed by atoms with E-state index in [0.29, 0.717) is 10.0 Å². The molecule has 0 unspecified atom stereocenters. The number of hydrogen-bond donors (Lipinski definition) is 1. The van der Waals surface area contributed by atoms with Crippen LogP contribution in [0.2, 0.25) is 10.0 Å². The van der Waals surface area contributed by atoms with Crippen molar-refractivity contribution >= 4 is 34.5 Å². The number of hydrogen-bond acceptors (Lipinski definition) is 3. The molecule has 0 spiro atoms. The molecule has 0 amide bonds. The Morgan fingerprint density at radius 1 is 1.18 bits per heavy atom. The molecule has 0 aliphatic rings. The van der Waals surface area contributed by atoms with Gasteiger partial charge in [-0.15, -0.1) is 11.3 Å². The van der Waals surface area contributed by atoms with E-state index < -0.39 is 0 Å². The van der Waals surface area contributed by atoms with Crippen LogP contribution in [0.4, 0.5) is 0 Å². The summed E-state index contributed by atoms with van der Waals surface area (Å²) in [6, 6.07) is 5.55. The van der Waals surface area contributed by atoms with Crippen LogP contribution in [0.1, 0.15) is 15.4 Å². The highest BCUT2D eigenvalue weighted by atomic mass is 35.5. The van der Waals surface area contributed by atoms with E-state index in [9.17, 15) is 0 Å². The summed E-state index contributed by atoms with van der Waals surface area (Å²) in [5, 5.41) is 5.74. The number of aryl methyl sites for hydroxylation is 1. The van der Waals surface area contributed by atoms with Crippen molar-refractivity contribution in [3.63, 3.8) is 0 Å². The predicted molar refractivity (Wildman–Crippen MR) is 73.9 cm³/mol. The molecule has 0 atom stereocenters. The third-order valence-corrected chi connectivity index (χ3v) is 3.55. The molecule has 1 aromatic carbocycles. The third kappa shape index (κ3) is 3.96. The zero-order valence-corrected chi connectivity index (χ0v) is 11.7. The first-order valence-electron chi connectivity index (χ1n) is 5.20. The summed E-state index contributed by atoms with van der Waals surface area (Å²) in [6.07, 6.45) is 1.89. The van der Waals surface area contributed by atoms with Gasteiger partial charge in [0.05, 0.1) is 0 Å². The molecule has 0 bridgehead atoms. The predicted octanol–water partition coefficient (Wildman–Crippen LogP) is 4.05. The SMILES string of the molecule is Cc1cnc(CNCc2cc(Cl)cc(Cl)c2)s1. The second-order valence-electron chi connectivity index (χ2n) is 3.75. The molecule has 1 heterocycles. The maximum atomic E-state index is 5.93. The Balaban J connectivity index is 1.89. The van der Waals surface area contributed by atoms with Gasteiger partial charge in [0, 0.05) is 34.2 Å². The Kier molecular flexibility index (Phi) is 4.40. The normalized spacial score (nSPS) is 10.8. The number of halogens is 2. The van der Waals surface area contributed by atoms with Gasteiger partial charge in [-0.05, 0) is 30.7 Å². The summed E-state index contributed by atoms with van der Waals surface area (Å²) >= 11 is 13.6. The molecular formula is C12H12Cl2N2S. The lowest BCUT2D eigenvalue weighted by atomic mass is 10.2. The van der Waals surface area contributed by atoms with Gasteiger partial charge in [0.2, 0.25) is 0 Å². The minimum atomic E-state index is 0.666. The molecule has 2 aromatic rings. The zero-order valence-electron chi connectivity index (χ0n) is 9.34. The van der Waals surface area contributed by atoms with Crippen LogP contribution >= 0.6 is 34.5 Å². The van der Waals surface area contributed by atoms with Crippen molar-refractivity contribution in [1.29, 1.82) is 0 Å². The van der Waals surface area contributed by atoms with Crippen molar-refractivity contribution in [1.82, 2.24) is 10.3 Å². The molecule has 1 aromatic heterocycles. The van der Waals surface area contributed by atoms with Crippen molar-refractivity contribution in [2.45, 2.75) is 20.0 Å². The van der Waals surface area contributed by atoms with E-state index in [0.717, 1.165) is 23.7 Å². The topological polar surface area (TPSA) is 24.9 Å². The van der Waals surface area contributed by atoms with Crippen LogP contribution < -0.4 is 5.32 Å². The Morgan fingerprint density at radius 2 is 1.88 bits per heavy atom. The first kappa shape index (κ1) is 12.8. The smallest absolute Gasteiger partial charge is 0.107 e. The molecule has 2 nitrogen and oxygen atoms in total. The van der Waals surface area contributed by atoms with E-state index in [1.54, 1.807) is 17.4 Å². The summed E-state index contributed by atoms with van der Waals surface area (Å²) in [5.41, 5.74) is 1.08. The molecule has 5 heteroatoms. The second kappa shape index (κ2) is 5.83. The van der Waals surface area contributed by atoms with Crippen molar-refractivity contribution in [3.8, 4) is 0 Å². The average Bonchev–Trinajstić information content (AvgIpc) is 2.63. The van der Waals surface area contributed by atoms with E-state index in [1.807, 2.05) is 18.3 Å². The van der Waals surface area contributed by atoms with Gasteiger partial charge in [0.15, 0.2) is 0 Å². The number of aromatic nitrogens is 1. The van der Waals surface area contributed by atoms with Gasteiger partial charge >= 0.3 is 0 Å². The summed E-state index contributed by atoms with van der Waals surface area (Å²) in [5.74, 6) is 0. The van der Waals surface area contributed by atoms with E-state index in [4.69, 9.17) is 23.2 Å². The van der Waals surface area contributed by atoms with Crippen molar-refractivity contribution in [2.24, 2.45) is 0 Å². The second-order valence-corrected chi connectivity index (χ2v) is 5.94. The molecule has 0 aliphatic heterocycles. The number of thiazole rings is 1. The molecule has 0 radical (unpaired) electrons. The lowest BCUT2D eigenvalue weighted by molar-refractivity contribution is 0.690. The van der Waals surface area contributed by atoms with Gasteiger partial charge in [0.1, 0.15) is 5.01 Å². The third-order valence-electron chi connectivity index (χ3n) is 2.20. The van der Waals surface area contributed by atoms with Crippen LogP contribution in [0.3, 0.4) is 0 Å². The van der Waals surface area contributed by atoms with E-state index in [1.165, 1.54) is 4.88 Å². The molecule has 0 saturated heterocycles. The fraction of sp³-hybridized carbons (Fsp3) is 0.250. The molecule has 0 saturated carbocycles. The van der Waals surface area contributed by atoms with Crippen LogP contribution in [-0.4, -0.2) is 4.98 Å². The zero-order chi connectivity index (χ0) is 12.3. The largest absolute Gasteiger partial charge is 0.306 e.